The van der Waals surface area contributed by atoms with Gasteiger partial charge < -0.3 is 9.47 Å². The number of allylic oxidation sites excluding steroid dienone is 1. The molecule has 0 bridgehead atoms. The van der Waals surface area contributed by atoms with Crippen LogP contribution < -0.4 is 0 Å². The van der Waals surface area contributed by atoms with Crippen LogP contribution in [0.15, 0.2) is 54.1 Å². The lowest BCUT2D eigenvalue weighted by atomic mass is 9.84. The fraction of sp³-hybridized carbons (Fsp3) is 0.368. The van der Waals surface area contributed by atoms with Gasteiger partial charge >= 0.3 is 12.1 Å². The number of benzene rings is 1. The van der Waals surface area contributed by atoms with E-state index in [4.69, 9.17) is 9.47 Å². The zero-order chi connectivity index (χ0) is 16.9. The number of methoxy groups -OCH3 is 1. The predicted molar refractivity (Wildman–Crippen MR) is 89.1 cm³/mol. The van der Waals surface area contributed by atoms with Crippen molar-refractivity contribution < 1.29 is 19.1 Å². The Bertz CT molecular complexity index is 665. The molecule has 0 radical (unpaired) electrons. The third-order valence-electron chi connectivity index (χ3n) is 4.44. The summed E-state index contributed by atoms with van der Waals surface area (Å²) in [4.78, 5) is 26.1. The topological polar surface area (TPSA) is 55.8 Å². The molecule has 0 aromatic heterocycles. The van der Waals surface area contributed by atoms with Crippen molar-refractivity contribution >= 4 is 12.1 Å². The molecule has 0 spiro atoms. The average Bonchev–Trinajstić information content (AvgIpc) is 2.65. The first-order chi connectivity index (χ1) is 11.7. The smallest absolute Gasteiger partial charge is 0.410 e. The van der Waals surface area contributed by atoms with Crippen LogP contribution >= 0.6 is 0 Å². The Morgan fingerprint density at radius 3 is 2.79 bits per heavy atom. The van der Waals surface area contributed by atoms with E-state index in [-0.39, 0.29) is 31.1 Å². The minimum absolute atomic E-state index is 0.0598. The highest BCUT2D eigenvalue weighted by Crippen LogP contribution is 2.31. The number of carbonyl (C=O) groups excluding carboxylic acids is 2. The summed E-state index contributed by atoms with van der Waals surface area (Å²) in [5, 5.41) is 0. The van der Waals surface area contributed by atoms with Gasteiger partial charge in [-0.15, -0.1) is 0 Å². The number of ether oxygens (including phenoxy) is 2. The van der Waals surface area contributed by atoms with Crippen molar-refractivity contribution in [1.82, 2.24) is 4.90 Å². The molecule has 0 unspecified atom stereocenters. The van der Waals surface area contributed by atoms with E-state index in [1.165, 1.54) is 7.11 Å². The molecule has 0 saturated heterocycles. The maximum atomic E-state index is 12.6. The molecule has 3 rings (SSSR count). The first kappa shape index (κ1) is 16.3. The molecule has 0 saturated carbocycles. The molecule has 1 aromatic carbocycles. The lowest BCUT2D eigenvalue weighted by Gasteiger charge is -2.39. The predicted octanol–water partition coefficient (Wildman–Crippen LogP) is 3.07. The van der Waals surface area contributed by atoms with Crippen LogP contribution in [0.25, 0.3) is 0 Å². The van der Waals surface area contributed by atoms with Gasteiger partial charge in [0.1, 0.15) is 6.61 Å². The largest absolute Gasteiger partial charge is 0.466 e. The number of amides is 1. The summed E-state index contributed by atoms with van der Waals surface area (Å²) in [5.41, 5.74) is 1.45. The van der Waals surface area contributed by atoms with Crippen LogP contribution in [0.1, 0.15) is 18.4 Å². The number of fused-ring (bicyclic) bond motifs is 1. The zero-order valence-corrected chi connectivity index (χ0v) is 13.7. The molecule has 1 heterocycles. The van der Waals surface area contributed by atoms with Crippen LogP contribution in [0.3, 0.4) is 0 Å². The van der Waals surface area contributed by atoms with E-state index in [0.717, 1.165) is 18.4 Å². The molecule has 1 aliphatic heterocycles. The van der Waals surface area contributed by atoms with E-state index in [1.807, 2.05) is 42.5 Å². The Balaban J connectivity index is 1.73. The van der Waals surface area contributed by atoms with Crippen LogP contribution in [-0.2, 0) is 20.9 Å². The van der Waals surface area contributed by atoms with Gasteiger partial charge in [0, 0.05) is 5.92 Å². The second-order valence-electron chi connectivity index (χ2n) is 6.01. The van der Waals surface area contributed by atoms with Crippen molar-refractivity contribution in [1.29, 1.82) is 0 Å². The summed E-state index contributed by atoms with van der Waals surface area (Å²) in [6.07, 6.45) is 7.50. The highest BCUT2D eigenvalue weighted by molar-refractivity contribution is 5.90. The monoisotopic (exact) mass is 327 g/mol. The van der Waals surface area contributed by atoms with Crippen LogP contribution in [0.5, 0.6) is 0 Å². The minimum atomic E-state index is -0.407. The molecule has 5 heteroatoms. The van der Waals surface area contributed by atoms with Gasteiger partial charge in [0.05, 0.1) is 25.3 Å². The molecule has 1 aliphatic carbocycles. The molecule has 0 fully saturated rings. The summed E-state index contributed by atoms with van der Waals surface area (Å²) >= 11 is 0. The molecule has 5 nitrogen and oxygen atoms in total. The average molecular weight is 327 g/mol. The molecule has 0 N–H and O–H groups in total. The minimum Gasteiger partial charge on any atom is -0.466 e. The number of nitrogens with zero attached hydrogens (tertiary/aromatic N) is 1. The number of hydrogen-bond acceptors (Lipinski definition) is 4. The fourth-order valence-electron chi connectivity index (χ4n) is 3.21. The van der Waals surface area contributed by atoms with E-state index < -0.39 is 6.09 Å². The van der Waals surface area contributed by atoms with Crippen molar-refractivity contribution in [2.24, 2.45) is 5.92 Å². The highest BCUT2D eigenvalue weighted by atomic mass is 16.6. The molecule has 24 heavy (non-hydrogen) atoms. The fourth-order valence-corrected chi connectivity index (χ4v) is 3.21. The van der Waals surface area contributed by atoms with Crippen molar-refractivity contribution in [2.45, 2.75) is 25.5 Å². The van der Waals surface area contributed by atoms with Gasteiger partial charge in [-0.3, -0.25) is 4.90 Å². The Morgan fingerprint density at radius 2 is 2.04 bits per heavy atom. The second-order valence-corrected chi connectivity index (χ2v) is 6.01. The SMILES string of the molecule is COC(=O)C1=C[C@H]2CCC=C[C@H]2N(C(=O)OCc2ccccc2)C1. The van der Waals surface area contributed by atoms with Gasteiger partial charge in [-0.05, 0) is 18.4 Å². The maximum absolute atomic E-state index is 12.6. The Hall–Kier alpha value is -2.56. The van der Waals surface area contributed by atoms with Gasteiger partial charge in [-0.1, -0.05) is 48.6 Å². The molecular weight excluding hydrogens is 306 g/mol. The van der Waals surface area contributed by atoms with E-state index in [2.05, 4.69) is 6.08 Å². The summed E-state index contributed by atoms with van der Waals surface area (Å²) < 4.78 is 10.3. The van der Waals surface area contributed by atoms with Gasteiger partial charge in [-0.25, -0.2) is 9.59 Å². The van der Waals surface area contributed by atoms with Crippen molar-refractivity contribution in [2.75, 3.05) is 13.7 Å². The molecule has 1 aromatic rings. The zero-order valence-electron chi connectivity index (χ0n) is 13.7. The third-order valence-corrected chi connectivity index (χ3v) is 4.44. The molecule has 2 aliphatic rings. The number of rotatable bonds is 3. The highest BCUT2D eigenvalue weighted by Gasteiger charge is 2.36. The van der Waals surface area contributed by atoms with Gasteiger partial charge in [-0.2, -0.15) is 0 Å². The Labute approximate surface area is 141 Å². The molecular formula is C19H21NO4. The standard InChI is InChI=1S/C19H21NO4/c1-23-18(21)16-11-15-9-5-6-10-17(15)20(12-16)19(22)24-13-14-7-3-2-4-8-14/h2-4,6-8,10-11,15,17H,5,9,12-13H2,1H3/t15-,17-/m1/s1. The van der Waals surface area contributed by atoms with E-state index in [9.17, 15) is 9.59 Å². The van der Waals surface area contributed by atoms with Crippen molar-refractivity contribution in [3.63, 3.8) is 0 Å². The van der Waals surface area contributed by atoms with Crippen LogP contribution in [0.2, 0.25) is 0 Å². The molecule has 126 valence electrons. The van der Waals surface area contributed by atoms with Crippen molar-refractivity contribution in [3.05, 3.63) is 59.7 Å². The normalized spacial score (nSPS) is 22.4. The number of hydrogen-bond donors (Lipinski definition) is 0. The Kier molecular flexibility index (Phi) is 4.99. The van der Waals surface area contributed by atoms with Gasteiger partial charge in [0.15, 0.2) is 0 Å². The number of carbonyl (C=O) groups is 2. The lowest BCUT2D eigenvalue weighted by Crippen LogP contribution is -2.48. The summed E-state index contributed by atoms with van der Waals surface area (Å²) in [6, 6.07) is 9.49. The van der Waals surface area contributed by atoms with Gasteiger partial charge in [0.2, 0.25) is 0 Å². The second kappa shape index (κ2) is 7.34. The third kappa shape index (κ3) is 3.50. The molecule has 1 amide bonds. The summed E-state index contributed by atoms with van der Waals surface area (Å²) in [7, 11) is 1.36. The molecule has 2 atom stereocenters. The van der Waals surface area contributed by atoms with Crippen LogP contribution in [0, 0.1) is 5.92 Å². The lowest BCUT2D eigenvalue weighted by molar-refractivity contribution is -0.136. The van der Waals surface area contributed by atoms with E-state index in [0.29, 0.717) is 5.57 Å². The summed E-state index contributed by atoms with van der Waals surface area (Å²) in [6.45, 7) is 0.431. The first-order valence-corrected chi connectivity index (χ1v) is 8.12. The van der Waals surface area contributed by atoms with Crippen molar-refractivity contribution in [3.8, 4) is 0 Å². The van der Waals surface area contributed by atoms with Gasteiger partial charge in [0.25, 0.3) is 0 Å². The van der Waals surface area contributed by atoms with Crippen LogP contribution in [-0.4, -0.2) is 36.7 Å². The summed E-state index contributed by atoms with van der Waals surface area (Å²) in [5.74, 6) is -0.258. The van der Waals surface area contributed by atoms with Crippen LogP contribution in [0.4, 0.5) is 4.79 Å². The van der Waals surface area contributed by atoms with E-state index in [1.54, 1.807) is 4.90 Å². The maximum Gasteiger partial charge on any atom is 0.410 e. The first-order valence-electron chi connectivity index (χ1n) is 8.12. The quantitative estimate of drug-likeness (QED) is 0.632. The number of esters is 1. The van der Waals surface area contributed by atoms with E-state index >= 15 is 0 Å². The Morgan fingerprint density at radius 1 is 1.25 bits per heavy atom.